The molecule has 0 bridgehead atoms. The highest BCUT2D eigenvalue weighted by atomic mass is 32.1. The molecule has 3 aromatic rings. The third-order valence-corrected chi connectivity index (χ3v) is 7.00. The number of thiocarbonyl (C=S) groups is 1. The second-order valence-corrected chi connectivity index (χ2v) is 9.89. The number of carbonyl (C=O) groups is 2. The van der Waals surface area contributed by atoms with Crippen molar-refractivity contribution in [3.8, 4) is 0 Å². The van der Waals surface area contributed by atoms with E-state index >= 15 is 0 Å². The average Bonchev–Trinajstić information content (AvgIpc) is 3.12. The first-order valence-electron chi connectivity index (χ1n) is 12.9. The molecule has 8 nitrogen and oxygen atoms in total. The number of ether oxygens (including phenoxy) is 1. The zero-order valence-electron chi connectivity index (χ0n) is 21.8. The summed E-state index contributed by atoms with van der Waals surface area (Å²) in [5.41, 5.74) is 2.17. The number of anilines is 1. The number of aromatic nitrogens is 1. The van der Waals surface area contributed by atoms with Gasteiger partial charge in [0.15, 0.2) is 17.1 Å². The predicted octanol–water partition coefficient (Wildman–Crippen LogP) is 3.57. The van der Waals surface area contributed by atoms with Gasteiger partial charge in [-0.05, 0) is 23.8 Å². The Hall–Kier alpha value is -4.16. The summed E-state index contributed by atoms with van der Waals surface area (Å²) in [4.78, 5) is 36.5. The second-order valence-electron chi connectivity index (χ2n) is 9.49. The van der Waals surface area contributed by atoms with Gasteiger partial charge in [0.1, 0.15) is 5.69 Å². The molecule has 0 amide bonds. The van der Waals surface area contributed by atoms with Crippen LogP contribution in [0.15, 0.2) is 71.9 Å². The molecule has 212 valence electrons. The summed E-state index contributed by atoms with van der Waals surface area (Å²) in [7, 11) is 0. The Morgan fingerprint density at radius 3 is 2.51 bits per heavy atom. The number of halogens is 3. The average molecular weight is 582 g/mol. The number of fused-ring (bicyclic) bond motifs is 1. The molecular weight excluding hydrogens is 555 g/mol. The number of alkyl halides is 3. The number of morpholine rings is 1. The van der Waals surface area contributed by atoms with Crippen LogP contribution in [0.25, 0.3) is 0 Å². The first-order valence-corrected chi connectivity index (χ1v) is 13.3. The Balaban J connectivity index is 1.32. The molecule has 2 aliphatic heterocycles. The van der Waals surface area contributed by atoms with E-state index in [2.05, 4.69) is 15.6 Å². The molecule has 0 spiro atoms. The van der Waals surface area contributed by atoms with E-state index < -0.39 is 23.7 Å². The number of aliphatic imine (C=N–C) groups is 1. The monoisotopic (exact) mass is 581 g/mol. The summed E-state index contributed by atoms with van der Waals surface area (Å²) in [6, 6.07) is 17.9. The molecule has 3 heterocycles. The van der Waals surface area contributed by atoms with E-state index in [1.54, 1.807) is 4.90 Å². The van der Waals surface area contributed by atoms with Crippen molar-refractivity contribution < 1.29 is 27.5 Å². The number of pyridine rings is 1. The maximum Gasteiger partial charge on any atom is 0.417 e. The van der Waals surface area contributed by atoms with Gasteiger partial charge < -0.3 is 20.3 Å². The Labute approximate surface area is 239 Å². The molecular formula is C29H26F3N5O3S. The van der Waals surface area contributed by atoms with E-state index in [9.17, 15) is 22.8 Å². The fourth-order valence-corrected chi connectivity index (χ4v) is 4.87. The summed E-state index contributed by atoms with van der Waals surface area (Å²) >= 11 is 5.38. The lowest BCUT2D eigenvalue weighted by molar-refractivity contribution is -0.137. The van der Waals surface area contributed by atoms with Crippen molar-refractivity contribution in [3.63, 3.8) is 0 Å². The largest absolute Gasteiger partial charge is 0.417 e. The highest BCUT2D eigenvalue weighted by molar-refractivity contribution is 7.80. The molecule has 12 heteroatoms. The van der Waals surface area contributed by atoms with Gasteiger partial charge in [0, 0.05) is 36.8 Å². The molecule has 0 radical (unpaired) electrons. The van der Waals surface area contributed by atoms with Crippen molar-refractivity contribution >= 4 is 40.3 Å². The highest BCUT2D eigenvalue weighted by Gasteiger charge is 2.33. The number of rotatable bonds is 6. The van der Waals surface area contributed by atoms with Gasteiger partial charge >= 0.3 is 6.18 Å². The fraction of sp³-hybridized carbons (Fsp3) is 0.276. The molecule has 0 saturated carbocycles. The smallest absolute Gasteiger partial charge is 0.378 e. The van der Waals surface area contributed by atoms with Gasteiger partial charge in [-0.2, -0.15) is 13.2 Å². The predicted molar refractivity (Wildman–Crippen MR) is 151 cm³/mol. The summed E-state index contributed by atoms with van der Waals surface area (Å²) in [5, 5.41) is 5.65. The lowest BCUT2D eigenvalue weighted by Crippen LogP contribution is -2.46. The van der Waals surface area contributed by atoms with E-state index in [-0.39, 0.29) is 35.2 Å². The lowest BCUT2D eigenvalue weighted by atomic mass is 9.96. The Bertz CT molecular complexity index is 1490. The first-order chi connectivity index (χ1) is 19.7. The highest BCUT2D eigenvalue weighted by Crippen LogP contribution is 2.33. The van der Waals surface area contributed by atoms with Crippen molar-refractivity contribution in [3.05, 3.63) is 94.8 Å². The van der Waals surface area contributed by atoms with Crippen LogP contribution in [0, 0.1) is 0 Å². The van der Waals surface area contributed by atoms with Crippen LogP contribution >= 0.6 is 12.2 Å². The molecule has 41 heavy (non-hydrogen) atoms. The number of ketones is 2. The van der Waals surface area contributed by atoms with Gasteiger partial charge in [0.2, 0.25) is 5.78 Å². The Morgan fingerprint density at radius 2 is 1.78 bits per heavy atom. The van der Waals surface area contributed by atoms with E-state index in [4.69, 9.17) is 21.9 Å². The van der Waals surface area contributed by atoms with E-state index in [1.807, 2.05) is 54.6 Å². The Morgan fingerprint density at radius 1 is 1.07 bits per heavy atom. The summed E-state index contributed by atoms with van der Waals surface area (Å²) < 4.78 is 45.5. The van der Waals surface area contributed by atoms with Crippen LogP contribution < -0.4 is 15.5 Å². The fourth-order valence-electron chi connectivity index (χ4n) is 4.69. The molecule has 2 aliphatic rings. The number of carbonyl (C=O) groups excluding carboxylic acids is 2. The third kappa shape index (κ3) is 6.60. The van der Waals surface area contributed by atoms with Crippen molar-refractivity contribution in [1.29, 1.82) is 0 Å². The summed E-state index contributed by atoms with van der Waals surface area (Å²) in [6.45, 7) is 0.939. The number of benzene rings is 2. The van der Waals surface area contributed by atoms with Crippen molar-refractivity contribution in [1.82, 2.24) is 15.6 Å². The minimum Gasteiger partial charge on any atom is -0.378 e. The van der Waals surface area contributed by atoms with Gasteiger partial charge in [0.05, 0.1) is 36.7 Å². The normalized spacial score (nSPS) is 17.2. The molecule has 5 rings (SSSR count). The van der Waals surface area contributed by atoms with Crippen LogP contribution in [0.3, 0.4) is 0 Å². The molecule has 1 unspecified atom stereocenters. The zero-order valence-corrected chi connectivity index (χ0v) is 22.6. The topological polar surface area (TPSA) is 95.9 Å². The number of Topliss-reactive ketones (excluding diaryl/α,β-unsaturated/α-hetero) is 2. The SMILES string of the molecule is O=C(CNC(=S)NC1N=C(c2ccccc2)c2ccccc2CC1=O)c1ncc(C(F)(F)F)cc1N1CCOCC1. The van der Waals surface area contributed by atoms with Crippen LogP contribution in [0.2, 0.25) is 0 Å². The molecule has 0 aliphatic carbocycles. The van der Waals surface area contributed by atoms with Crippen LogP contribution in [-0.2, 0) is 22.1 Å². The molecule has 1 fully saturated rings. The Kier molecular flexibility index (Phi) is 8.41. The van der Waals surface area contributed by atoms with Gasteiger partial charge in [-0.3, -0.25) is 19.6 Å². The van der Waals surface area contributed by atoms with E-state index in [0.717, 1.165) is 22.8 Å². The second kappa shape index (κ2) is 12.1. The molecule has 2 N–H and O–H groups in total. The zero-order chi connectivity index (χ0) is 29.0. The van der Waals surface area contributed by atoms with Gasteiger partial charge in [-0.15, -0.1) is 0 Å². The maximum atomic E-state index is 13.4. The minimum absolute atomic E-state index is 0.00125. The lowest BCUT2D eigenvalue weighted by Gasteiger charge is -2.30. The van der Waals surface area contributed by atoms with Crippen LogP contribution in [-0.4, -0.2) is 66.4 Å². The van der Waals surface area contributed by atoms with Crippen molar-refractivity contribution in [2.45, 2.75) is 18.8 Å². The number of nitrogens with zero attached hydrogens (tertiary/aromatic N) is 3. The van der Waals surface area contributed by atoms with E-state index in [1.165, 1.54) is 0 Å². The van der Waals surface area contributed by atoms with Crippen molar-refractivity contribution in [2.24, 2.45) is 4.99 Å². The first kappa shape index (κ1) is 28.4. The molecule has 1 aromatic heterocycles. The van der Waals surface area contributed by atoms with Gasteiger partial charge in [0.25, 0.3) is 0 Å². The van der Waals surface area contributed by atoms with Crippen LogP contribution in [0.5, 0.6) is 0 Å². The quantitative estimate of drug-likeness (QED) is 0.337. The number of hydrogen-bond donors (Lipinski definition) is 2. The summed E-state index contributed by atoms with van der Waals surface area (Å²) in [5.74, 6) is -0.768. The van der Waals surface area contributed by atoms with Crippen LogP contribution in [0.1, 0.15) is 32.7 Å². The minimum atomic E-state index is -4.61. The maximum absolute atomic E-state index is 13.4. The molecule has 1 saturated heterocycles. The molecule has 1 atom stereocenters. The number of hydrogen-bond acceptors (Lipinski definition) is 7. The van der Waals surface area contributed by atoms with E-state index in [0.29, 0.717) is 38.2 Å². The molecule has 2 aromatic carbocycles. The van der Waals surface area contributed by atoms with Gasteiger partial charge in [-0.25, -0.2) is 0 Å². The van der Waals surface area contributed by atoms with Crippen molar-refractivity contribution in [2.75, 3.05) is 37.7 Å². The number of nitrogens with one attached hydrogen (secondary N) is 2. The third-order valence-electron chi connectivity index (χ3n) is 6.74. The standard InChI is InChI=1S/C29H26F3N5O3S/c30-29(31,32)20-15-22(37-10-12-40-13-11-37)26(33-16-20)24(39)17-34-28(41)36-27-23(38)14-19-8-4-5-9-21(19)25(35-27)18-6-2-1-3-7-18/h1-9,15-16,27H,10-14,17H2,(H2,34,36,41). The van der Waals surface area contributed by atoms with Crippen LogP contribution in [0.4, 0.5) is 18.9 Å². The summed E-state index contributed by atoms with van der Waals surface area (Å²) in [6.07, 6.45) is -4.84. The van der Waals surface area contributed by atoms with Gasteiger partial charge in [-0.1, -0.05) is 54.6 Å².